The van der Waals surface area contributed by atoms with Gasteiger partial charge < -0.3 is 19.3 Å². The van der Waals surface area contributed by atoms with Gasteiger partial charge in [0.05, 0.1) is 0 Å². The minimum atomic E-state index is -1.23. The number of ether oxygens (including phenoxy) is 3. The molecule has 1 heterocycles. The number of aliphatic hydroxyl groups is 1. The first kappa shape index (κ1) is 20.6. The molecular formula is C21H24N2O6. The minimum Gasteiger partial charge on any atom is -0.443 e. The number of hydrazine groups is 1. The molecule has 1 unspecified atom stereocenters. The summed E-state index contributed by atoms with van der Waals surface area (Å²) >= 11 is 0. The fraction of sp³-hybridized carbons (Fsp3) is 0.333. The van der Waals surface area contributed by atoms with E-state index in [2.05, 4.69) is 5.43 Å². The second-order valence-corrected chi connectivity index (χ2v) is 6.55. The normalized spacial score (nSPS) is 18.5. The van der Waals surface area contributed by atoms with E-state index in [4.69, 9.17) is 14.2 Å². The molecule has 1 aliphatic rings. The van der Waals surface area contributed by atoms with Crippen LogP contribution in [0.2, 0.25) is 0 Å². The van der Waals surface area contributed by atoms with Gasteiger partial charge in [0.2, 0.25) is 0 Å². The monoisotopic (exact) mass is 400 g/mol. The molecule has 0 spiro atoms. The molecule has 0 saturated carbocycles. The number of carbonyl (C=O) groups is 2. The average Bonchev–Trinajstić information content (AvgIpc) is 2.76. The SMILES string of the molecule is O=C(NN(C(=O)OCc1ccccc1)[C@@H]1CCCOC1O)OCc1ccccc1. The second-order valence-electron chi connectivity index (χ2n) is 6.55. The highest BCUT2D eigenvalue weighted by molar-refractivity contribution is 5.74. The number of nitrogens with one attached hydrogen (secondary N) is 1. The van der Waals surface area contributed by atoms with Crippen LogP contribution in [0.5, 0.6) is 0 Å². The van der Waals surface area contributed by atoms with Crippen LogP contribution in [-0.4, -0.2) is 41.2 Å². The Bertz CT molecular complexity index is 786. The predicted molar refractivity (Wildman–Crippen MR) is 103 cm³/mol. The number of carbonyl (C=O) groups excluding carboxylic acids is 2. The summed E-state index contributed by atoms with van der Waals surface area (Å²) in [5.74, 6) is 0. The lowest BCUT2D eigenvalue weighted by Gasteiger charge is -2.35. The molecule has 8 nitrogen and oxygen atoms in total. The number of hydrogen-bond acceptors (Lipinski definition) is 6. The maximum atomic E-state index is 12.6. The van der Waals surface area contributed by atoms with E-state index in [1.54, 1.807) is 0 Å². The van der Waals surface area contributed by atoms with Gasteiger partial charge in [0.1, 0.15) is 19.3 Å². The number of nitrogens with zero attached hydrogens (tertiary/aromatic N) is 1. The van der Waals surface area contributed by atoms with Crippen LogP contribution in [0.4, 0.5) is 9.59 Å². The van der Waals surface area contributed by atoms with Crippen LogP contribution >= 0.6 is 0 Å². The van der Waals surface area contributed by atoms with E-state index in [-0.39, 0.29) is 13.2 Å². The smallest absolute Gasteiger partial charge is 0.429 e. The molecule has 2 aromatic rings. The molecule has 8 heteroatoms. The van der Waals surface area contributed by atoms with Crippen molar-refractivity contribution >= 4 is 12.2 Å². The fourth-order valence-electron chi connectivity index (χ4n) is 2.91. The third-order valence-corrected chi connectivity index (χ3v) is 4.42. The van der Waals surface area contributed by atoms with Gasteiger partial charge in [-0.2, -0.15) is 0 Å². The van der Waals surface area contributed by atoms with Crippen LogP contribution < -0.4 is 5.43 Å². The molecule has 0 aromatic heterocycles. The summed E-state index contributed by atoms with van der Waals surface area (Å²) in [6, 6.07) is 17.5. The van der Waals surface area contributed by atoms with E-state index >= 15 is 0 Å². The van der Waals surface area contributed by atoms with E-state index in [1.165, 1.54) is 0 Å². The summed E-state index contributed by atoms with van der Waals surface area (Å²) in [5, 5.41) is 11.1. The van der Waals surface area contributed by atoms with Crippen molar-refractivity contribution in [2.45, 2.75) is 38.4 Å². The second kappa shape index (κ2) is 10.4. The van der Waals surface area contributed by atoms with Crippen LogP contribution in [-0.2, 0) is 27.4 Å². The lowest BCUT2D eigenvalue weighted by atomic mass is 10.1. The number of aliphatic hydroxyl groups excluding tert-OH is 1. The molecule has 3 rings (SSSR count). The summed E-state index contributed by atoms with van der Waals surface area (Å²) in [4.78, 5) is 24.9. The zero-order valence-electron chi connectivity index (χ0n) is 15.9. The molecule has 1 aliphatic heterocycles. The largest absolute Gasteiger partial charge is 0.443 e. The first-order chi connectivity index (χ1) is 14.1. The summed E-state index contributed by atoms with van der Waals surface area (Å²) in [6.45, 7) is 0.451. The highest BCUT2D eigenvalue weighted by Crippen LogP contribution is 2.18. The fourth-order valence-corrected chi connectivity index (χ4v) is 2.91. The van der Waals surface area contributed by atoms with Gasteiger partial charge in [-0.05, 0) is 24.0 Å². The summed E-state index contributed by atoms with van der Waals surface area (Å²) in [7, 11) is 0. The Morgan fingerprint density at radius 2 is 1.59 bits per heavy atom. The van der Waals surface area contributed by atoms with Crippen molar-refractivity contribution in [3.63, 3.8) is 0 Å². The predicted octanol–water partition coefficient (Wildman–Crippen LogP) is 2.96. The molecule has 0 aliphatic carbocycles. The Kier molecular flexibility index (Phi) is 7.43. The van der Waals surface area contributed by atoms with Crippen LogP contribution in [0.15, 0.2) is 60.7 Å². The first-order valence-corrected chi connectivity index (χ1v) is 9.40. The lowest BCUT2D eigenvalue weighted by molar-refractivity contribution is -0.168. The van der Waals surface area contributed by atoms with Crippen LogP contribution in [0.25, 0.3) is 0 Å². The van der Waals surface area contributed by atoms with E-state index < -0.39 is 24.5 Å². The molecule has 1 saturated heterocycles. The molecule has 1 fully saturated rings. The van der Waals surface area contributed by atoms with Crippen molar-refractivity contribution in [3.05, 3.63) is 71.8 Å². The molecule has 154 valence electrons. The van der Waals surface area contributed by atoms with Gasteiger partial charge in [0, 0.05) is 6.61 Å². The Morgan fingerprint density at radius 3 is 2.17 bits per heavy atom. The summed E-state index contributed by atoms with van der Waals surface area (Å²) in [6.07, 6.45) is -1.79. The van der Waals surface area contributed by atoms with Gasteiger partial charge in [0.15, 0.2) is 6.29 Å². The third kappa shape index (κ3) is 6.20. The molecule has 0 bridgehead atoms. The Labute approximate surface area is 169 Å². The molecule has 2 atom stereocenters. The van der Waals surface area contributed by atoms with E-state index in [1.807, 2.05) is 60.7 Å². The van der Waals surface area contributed by atoms with Crippen molar-refractivity contribution < 1.29 is 28.9 Å². The van der Waals surface area contributed by atoms with Crippen molar-refractivity contribution in [1.29, 1.82) is 0 Å². The Hall–Kier alpha value is -3.10. The lowest BCUT2D eigenvalue weighted by Crippen LogP contribution is -2.57. The van der Waals surface area contributed by atoms with E-state index in [9.17, 15) is 14.7 Å². The summed E-state index contributed by atoms with van der Waals surface area (Å²) < 4.78 is 15.7. The van der Waals surface area contributed by atoms with Crippen LogP contribution in [0, 0.1) is 0 Å². The summed E-state index contributed by atoms with van der Waals surface area (Å²) in [5.41, 5.74) is 3.99. The van der Waals surface area contributed by atoms with Crippen molar-refractivity contribution in [2.75, 3.05) is 6.61 Å². The standard InChI is InChI=1S/C21H24N2O6/c24-19-18(12-7-13-27-19)23(21(26)29-15-17-10-5-2-6-11-17)22-20(25)28-14-16-8-3-1-4-9-16/h1-6,8-11,18-19,24H,7,12-15H2,(H,22,25)/t18-,19?/m1/s1. The van der Waals surface area contributed by atoms with Gasteiger partial charge in [0.25, 0.3) is 0 Å². The maximum absolute atomic E-state index is 12.6. The van der Waals surface area contributed by atoms with Gasteiger partial charge in [-0.15, -0.1) is 0 Å². The van der Waals surface area contributed by atoms with Crippen molar-refractivity contribution in [1.82, 2.24) is 10.4 Å². The number of amides is 2. The van der Waals surface area contributed by atoms with Crippen LogP contribution in [0.1, 0.15) is 24.0 Å². The number of rotatable bonds is 5. The van der Waals surface area contributed by atoms with Gasteiger partial charge in [-0.1, -0.05) is 60.7 Å². The molecule has 0 radical (unpaired) electrons. The molecule has 2 amide bonds. The number of hydrogen-bond donors (Lipinski definition) is 2. The average molecular weight is 400 g/mol. The first-order valence-electron chi connectivity index (χ1n) is 9.40. The van der Waals surface area contributed by atoms with E-state index in [0.717, 1.165) is 16.1 Å². The van der Waals surface area contributed by atoms with Crippen molar-refractivity contribution in [2.24, 2.45) is 0 Å². The Balaban J connectivity index is 1.62. The zero-order valence-corrected chi connectivity index (χ0v) is 15.9. The van der Waals surface area contributed by atoms with Crippen LogP contribution in [0.3, 0.4) is 0 Å². The molecular weight excluding hydrogens is 376 g/mol. The highest BCUT2D eigenvalue weighted by Gasteiger charge is 2.35. The quantitative estimate of drug-likeness (QED) is 0.749. The number of benzene rings is 2. The maximum Gasteiger partial charge on any atom is 0.429 e. The third-order valence-electron chi connectivity index (χ3n) is 4.42. The van der Waals surface area contributed by atoms with Gasteiger partial charge >= 0.3 is 12.2 Å². The van der Waals surface area contributed by atoms with Gasteiger partial charge in [-0.25, -0.2) is 20.0 Å². The Morgan fingerprint density at radius 1 is 1.00 bits per heavy atom. The highest BCUT2D eigenvalue weighted by atomic mass is 16.6. The van der Waals surface area contributed by atoms with Gasteiger partial charge in [-0.3, -0.25) is 0 Å². The topological polar surface area (TPSA) is 97.3 Å². The molecule has 2 N–H and O–H groups in total. The van der Waals surface area contributed by atoms with Crippen molar-refractivity contribution in [3.8, 4) is 0 Å². The van der Waals surface area contributed by atoms with E-state index in [0.29, 0.717) is 19.4 Å². The zero-order chi connectivity index (χ0) is 20.5. The molecule has 2 aromatic carbocycles. The minimum absolute atomic E-state index is 0.0284. The molecule has 29 heavy (non-hydrogen) atoms.